The van der Waals surface area contributed by atoms with Crippen molar-refractivity contribution in [1.29, 1.82) is 0 Å². The largest absolute Gasteiger partial charge is 0.422 e. The van der Waals surface area contributed by atoms with Crippen LogP contribution in [0.15, 0.2) is 30.3 Å². The van der Waals surface area contributed by atoms with Gasteiger partial charge in [-0.15, -0.1) is 0 Å². The van der Waals surface area contributed by atoms with Crippen molar-refractivity contribution in [1.82, 2.24) is 5.32 Å². The van der Waals surface area contributed by atoms with Gasteiger partial charge in [-0.2, -0.15) is 0 Å². The summed E-state index contributed by atoms with van der Waals surface area (Å²) in [7, 11) is 0. The average molecular weight is 248 g/mol. The maximum absolute atomic E-state index is 11.3. The van der Waals surface area contributed by atoms with E-state index in [1.165, 1.54) is 0 Å². The van der Waals surface area contributed by atoms with E-state index in [1.54, 1.807) is 4.90 Å². The zero-order valence-corrected chi connectivity index (χ0v) is 9.59. The summed E-state index contributed by atoms with van der Waals surface area (Å²) in [5.41, 5.74) is 0.849. The molecule has 6 nitrogen and oxygen atoms in total. The summed E-state index contributed by atoms with van der Waals surface area (Å²) in [6.07, 6.45) is 0. The molecule has 1 aromatic rings. The first-order valence-corrected chi connectivity index (χ1v) is 5.71. The molecule has 94 valence electrons. The molecular weight excluding hydrogens is 236 g/mol. The van der Waals surface area contributed by atoms with E-state index in [1.807, 2.05) is 30.3 Å². The first-order valence-electron chi connectivity index (χ1n) is 5.71. The van der Waals surface area contributed by atoms with E-state index < -0.39 is 17.8 Å². The molecule has 0 radical (unpaired) electrons. The number of para-hydroxylation sites is 1. The van der Waals surface area contributed by atoms with Crippen molar-refractivity contribution in [3.05, 3.63) is 30.3 Å². The van der Waals surface area contributed by atoms with E-state index in [-0.39, 0.29) is 6.54 Å². The van der Waals surface area contributed by atoms with Gasteiger partial charge in [0.15, 0.2) is 0 Å². The zero-order chi connectivity index (χ0) is 12.6. The summed E-state index contributed by atoms with van der Waals surface area (Å²) < 4.78 is 10.2. The van der Waals surface area contributed by atoms with Crippen LogP contribution in [0.4, 0.5) is 5.69 Å². The van der Waals surface area contributed by atoms with Crippen molar-refractivity contribution in [2.75, 3.05) is 24.5 Å². The molecule has 1 N–H and O–H groups in total. The minimum Gasteiger partial charge on any atom is -0.394 e. The minimum absolute atomic E-state index is 0.263. The highest BCUT2D eigenvalue weighted by Crippen LogP contribution is 2.31. The number of piperazine rings is 1. The van der Waals surface area contributed by atoms with E-state index in [4.69, 9.17) is 9.47 Å². The number of anilines is 1. The lowest BCUT2D eigenvalue weighted by Gasteiger charge is -2.41. The second-order valence-electron chi connectivity index (χ2n) is 4.16. The van der Waals surface area contributed by atoms with Crippen LogP contribution in [0, 0.1) is 0 Å². The first kappa shape index (κ1) is 11.0. The number of carbonyl (C=O) groups excluding carboxylic acids is 2. The predicted octanol–water partition coefficient (Wildman–Crippen LogP) is -0.150. The molecule has 2 fully saturated rings. The SMILES string of the molecule is O=C1OC2(CNCCN2c2ccccc2)OC1=O. The molecule has 3 rings (SSSR count). The van der Waals surface area contributed by atoms with Crippen LogP contribution in [0.1, 0.15) is 0 Å². The van der Waals surface area contributed by atoms with Gasteiger partial charge in [0, 0.05) is 18.8 Å². The predicted molar refractivity (Wildman–Crippen MR) is 61.6 cm³/mol. The van der Waals surface area contributed by atoms with Gasteiger partial charge in [0.1, 0.15) is 0 Å². The van der Waals surface area contributed by atoms with Gasteiger partial charge in [0.25, 0.3) is 0 Å². The normalized spacial score (nSPS) is 21.9. The van der Waals surface area contributed by atoms with Crippen LogP contribution in [0.2, 0.25) is 0 Å². The lowest BCUT2D eigenvalue weighted by molar-refractivity contribution is -0.180. The third-order valence-electron chi connectivity index (χ3n) is 3.01. The minimum atomic E-state index is -1.34. The third-order valence-corrected chi connectivity index (χ3v) is 3.01. The van der Waals surface area contributed by atoms with Gasteiger partial charge in [-0.1, -0.05) is 18.2 Å². The number of esters is 2. The molecule has 0 aliphatic carbocycles. The molecule has 1 aromatic carbocycles. The Labute approximate surface area is 103 Å². The number of carbonyl (C=O) groups is 2. The van der Waals surface area contributed by atoms with E-state index in [0.29, 0.717) is 6.54 Å². The van der Waals surface area contributed by atoms with Crippen LogP contribution in [-0.2, 0) is 19.1 Å². The summed E-state index contributed by atoms with van der Waals surface area (Å²) in [4.78, 5) is 24.3. The van der Waals surface area contributed by atoms with Crippen LogP contribution < -0.4 is 10.2 Å². The molecule has 6 heteroatoms. The highest BCUT2D eigenvalue weighted by atomic mass is 16.8. The monoisotopic (exact) mass is 248 g/mol. The standard InChI is InChI=1S/C12H12N2O4/c15-10-11(16)18-12(17-10)8-13-6-7-14(12)9-4-2-1-3-5-9/h1-5,13H,6-8H2. The number of nitrogens with one attached hydrogen (secondary N) is 1. The van der Waals surface area contributed by atoms with Crippen molar-refractivity contribution >= 4 is 17.6 Å². The Balaban J connectivity index is 1.97. The molecule has 2 heterocycles. The summed E-state index contributed by atoms with van der Waals surface area (Å²) in [6, 6.07) is 9.42. The second-order valence-corrected chi connectivity index (χ2v) is 4.16. The fraction of sp³-hybridized carbons (Fsp3) is 0.333. The topological polar surface area (TPSA) is 67.9 Å². The van der Waals surface area contributed by atoms with Gasteiger partial charge in [-0.25, -0.2) is 9.59 Å². The van der Waals surface area contributed by atoms with Gasteiger partial charge in [0.2, 0.25) is 0 Å². The maximum atomic E-state index is 11.3. The lowest BCUT2D eigenvalue weighted by Crippen LogP contribution is -2.62. The summed E-state index contributed by atoms with van der Waals surface area (Å²) in [6.45, 7) is 1.58. The Hall–Kier alpha value is -2.08. The molecule has 0 atom stereocenters. The zero-order valence-electron chi connectivity index (χ0n) is 9.59. The van der Waals surface area contributed by atoms with Crippen molar-refractivity contribution in [3.8, 4) is 0 Å². The van der Waals surface area contributed by atoms with Crippen LogP contribution >= 0.6 is 0 Å². The number of hydrogen-bond acceptors (Lipinski definition) is 6. The average Bonchev–Trinajstić information content (AvgIpc) is 2.66. The van der Waals surface area contributed by atoms with Gasteiger partial charge in [-0.3, -0.25) is 4.90 Å². The summed E-state index contributed by atoms with van der Waals surface area (Å²) in [5.74, 6) is -3.23. The van der Waals surface area contributed by atoms with Gasteiger partial charge in [-0.05, 0) is 12.1 Å². The molecule has 0 bridgehead atoms. The van der Waals surface area contributed by atoms with E-state index in [2.05, 4.69) is 5.32 Å². The van der Waals surface area contributed by atoms with E-state index >= 15 is 0 Å². The summed E-state index contributed by atoms with van der Waals surface area (Å²) >= 11 is 0. The molecule has 0 saturated carbocycles. The Bertz CT molecular complexity index is 472. The number of hydrogen-bond donors (Lipinski definition) is 1. The Kier molecular flexibility index (Phi) is 2.45. The number of ether oxygens (including phenoxy) is 2. The Morgan fingerprint density at radius 1 is 1.11 bits per heavy atom. The molecule has 0 amide bonds. The summed E-state index contributed by atoms with van der Waals surface area (Å²) in [5, 5.41) is 3.06. The molecule has 0 aromatic heterocycles. The van der Waals surface area contributed by atoms with Crippen molar-refractivity contribution < 1.29 is 19.1 Å². The molecule has 1 spiro atoms. The molecule has 2 saturated heterocycles. The Morgan fingerprint density at radius 2 is 1.78 bits per heavy atom. The fourth-order valence-corrected chi connectivity index (χ4v) is 2.21. The van der Waals surface area contributed by atoms with Gasteiger partial charge < -0.3 is 14.8 Å². The number of rotatable bonds is 1. The van der Waals surface area contributed by atoms with Crippen molar-refractivity contribution in [2.45, 2.75) is 5.91 Å². The molecule has 2 aliphatic rings. The van der Waals surface area contributed by atoms with Crippen LogP contribution in [0.25, 0.3) is 0 Å². The third kappa shape index (κ3) is 1.62. The smallest absolute Gasteiger partial charge is 0.394 e. The van der Waals surface area contributed by atoms with Crippen LogP contribution in [0.5, 0.6) is 0 Å². The number of nitrogens with zero attached hydrogens (tertiary/aromatic N) is 1. The van der Waals surface area contributed by atoms with E-state index in [0.717, 1.165) is 12.2 Å². The lowest BCUT2D eigenvalue weighted by atomic mass is 10.2. The van der Waals surface area contributed by atoms with Gasteiger partial charge >= 0.3 is 17.8 Å². The first-order chi connectivity index (χ1) is 8.71. The molecule has 18 heavy (non-hydrogen) atoms. The molecule has 0 unspecified atom stereocenters. The Morgan fingerprint density at radius 3 is 2.44 bits per heavy atom. The molecule has 2 aliphatic heterocycles. The maximum Gasteiger partial charge on any atom is 0.422 e. The molecular formula is C12H12N2O4. The highest BCUT2D eigenvalue weighted by molar-refractivity contribution is 6.31. The quantitative estimate of drug-likeness (QED) is 0.550. The van der Waals surface area contributed by atoms with Crippen LogP contribution in [-0.4, -0.2) is 37.5 Å². The van der Waals surface area contributed by atoms with Crippen molar-refractivity contribution in [3.63, 3.8) is 0 Å². The fourth-order valence-electron chi connectivity index (χ4n) is 2.21. The van der Waals surface area contributed by atoms with Crippen molar-refractivity contribution in [2.24, 2.45) is 0 Å². The number of benzene rings is 1. The van der Waals surface area contributed by atoms with E-state index in [9.17, 15) is 9.59 Å². The highest BCUT2D eigenvalue weighted by Gasteiger charge is 2.54. The second kappa shape index (κ2) is 3.99. The van der Waals surface area contributed by atoms with Gasteiger partial charge in [0.05, 0.1) is 6.54 Å². The van der Waals surface area contributed by atoms with Crippen LogP contribution in [0.3, 0.4) is 0 Å².